The summed E-state index contributed by atoms with van der Waals surface area (Å²) in [6, 6.07) is 6.84. The molecule has 0 saturated carbocycles. The molecule has 0 aromatic heterocycles. The highest BCUT2D eigenvalue weighted by Gasteiger charge is 2.19. The highest BCUT2D eigenvalue weighted by Crippen LogP contribution is 2.30. The van der Waals surface area contributed by atoms with E-state index in [0.717, 1.165) is 31.3 Å². The summed E-state index contributed by atoms with van der Waals surface area (Å²) in [6.07, 6.45) is 5.21. The molecule has 0 spiro atoms. The largest absolute Gasteiger partial charge is 0.383 e. The van der Waals surface area contributed by atoms with Gasteiger partial charge in [0, 0.05) is 43.5 Å². The van der Waals surface area contributed by atoms with Gasteiger partial charge < -0.3 is 15.0 Å². The normalized spacial score (nSPS) is 19.6. The first kappa shape index (κ1) is 16.6. The fourth-order valence-corrected chi connectivity index (χ4v) is 3.15. The molecule has 1 aliphatic heterocycles. The number of ether oxygens (including phenoxy) is 1. The van der Waals surface area contributed by atoms with Crippen LogP contribution < -0.4 is 10.2 Å². The molecule has 1 fully saturated rings. The quantitative estimate of drug-likeness (QED) is 0.808. The number of hydrogen-bond donors (Lipinski definition) is 1. The first-order valence-corrected chi connectivity index (χ1v) is 8.35. The van der Waals surface area contributed by atoms with E-state index in [4.69, 9.17) is 16.3 Å². The van der Waals surface area contributed by atoms with Crippen molar-refractivity contribution in [1.29, 1.82) is 0 Å². The average Bonchev–Trinajstić information content (AvgIpc) is 2.69. The number of benzene rings is 1. The maximum Gasteiger partial charge on any atom is 0.0587 e. The first-order valence-electron chi connectivity index (χ1n) is 7.97. The molecule has 1 unspecified atom stereocenters. The van der Waals surface area contributed by atoms with Gasteiger partial charge in [-0.25, -0.2) is 0 Å². The summed E-state index contributed by atoms with van der Waals surface area (Å²) in [7, 11) is 1.73. The second-order valence-electron chi connectivity index (χ2n) is 5.83. The summed E-state index contributed by atoms with van der Waals surface area (Å²) >= 11 is 6.24. The van der Waals surface area contributed by atoms with Crippen molar-refractivity contribution < 1.29 is 4.74 Å². The maximum absolute atomic E-state index is 6.24. The second kappa shape index (κ2) is 8.62. The van der Waals surface area contributed by atoms with E-state index in [2.05, 4.69) is 29.3 Å². The van der Waals surface area contributed by atoms with Crippen molar-refractivity contribution in [3.63, 3.8) is 0 Å². The van der Waals surface area contributed by atoms with Crippen molar-refractivity contribution in [1.82, 2.24) is 5.32 Å². The van der Waals surface area contributed by atoms with Gasteiger partial charge in [-0.3, -0.25) is 0 Å². The molecule has 1 aromatic rings. The molecule has 1 atom stereocenters. The zero-order valence-electron chi connectivity index (χ0n) is 13.2. The molecule has 1 aliphatic rings. The van der Waals surface area contributed by atoms with Crippen molar-refractivity contribution >= 4 is 17.3 Å². The zero-order valence-corrected chi connectivity index (χ0v) is 14.0. The van der Waals surface area contributed by atoms with Crippen LogP contribution in [-0.4, -0.2) is 32.8 Å². The molecule has 1 aromatic carbocycles. The van der Waals surface area contributed by atoms with Gasteiger partial charge in [0.15, 0.2) is 0 Å². The minimum Gasteiger partial charge on any atom is -0.383 e. The number of hydrogen-bond acceptors (Lipinski definition) is 3. The van der Waals surface area contributed by atoms with Crippen LogP contribution in [0.25, 0.3) is 0 Å². The summed E-state index contributed by atoms with van der Waals surface area (Å²) < 4.78 is 5.09. The molecule has 0 aliphatic carbocycles. The maximum atomic E-state index is 6.24. The monoisotopic (exact) mass is 310 g/mol. The van der Waals surface area contributed by atoms with E-state index in [1.54, 1.807) is 7.11 Å². The van der Waals surface area contributed by atoms with Gasteiger partial charge in [-0.15, -0.1) is 0 Å². The molecule has 4 heteroatoms. The SMILES string of the molecule is COCCNCc1ccc(Cl)cc1N1CCCCCC1C. The van der Waals surface area contributed by atoms with Crippen molar-refractivity contribution in [2.45, 2.75) is 45.2 Å². The van der Waals surface area contributed by atoms with Gasteiger partial charge in [-0.05, 0) is 37.5 Å². The number of nitrogens with one attached hydrogen (secondary N) is 1. The van der Waals surface area contributed by atoms with Crippen molar-refractivity contribution in [2.24, 2.45) is 0 Å². The van der Waals surface area contributed by atoms with Gasteiger partial charge in [-0.2, -0.15) is 0 Å². The third-order valence-corrected chi connectivity index (χ3v) is 4.44. The van der Waals surface area contributed by atoms with Crippen LogP contribution in [0.15, 0.2) is 18.2 Å². The highest BCUT2D eigenvalue weighted by molar-refractivity contribution is 6.30. The lowest BCUT2D eigenvalue weighted by molar-refractivity contribution is 0.199. The Kier molecular flexibility index (Phi) is 6.81. The van der Waals surface area contributed by atoms with Gasteiger partial charge in [-0.1, -0.05) is 30.5 Å². The molecule has 3 nitrogen and oxygen atoms in total. The lowest BCUT2D eigenvalue weighted by Gasteiger charge is -2.31. The molecule has 21 heavy (non-hydrogen) atoms. The molecular formula is C17H27ClN2O. The Morgan fingerprint density at radius 1 is 1.33 bits per heavy atom. The van der Waals surface area contributed by atoms with E-state index in [9.17, 15) is 0 Å². The third-order valence-electron chi connectivity index (χ3n) is 4.21. The fraction of sp³-hybridized carbons (Fsp3) is 0.647. The van der Waals surface area contributed by atoms with E-state index < -0.39 is 0 Å². The smallest absolute Gasteiger partial charge is 0.0587 e. The van der Waals surface area contributed by atoms with Gasteiger partial charge in [0.1, 0.15) is 0 Å². The Labute approximate surface area is 133 Å². The molecule has 1 heterocycles. The van der Waals surface area contributed by atoms with Crippen LogP contribution in [0.1, 0.15) is 38.2 Å². The molecule has 0 bridgehead atoms. The van der Waals surface area contributed by atoms with Crippen LogP contribution in [0, 0.1) is 0 Å². The van der Waals surface area contributed by atoms with Crippen LogP contribution in [0.2, 0.25) is 5.02 Å². The Bertz CT molecular complexity index is 439. The lowest BCUT2D eigenvalue weighted by atomic mass is 10.1. The Hall–Kier alpha value is -0.770. The molecule has 0 radical (unpaired) electrons. The van der Waals surface area contributed by atoms with Crippen LogP contribution in [-0.2, 0) is 11.3 Å². The topological polar surface area (TPSA) is 24.5 Å². The van der Waals surface area contributed by atoms with Crippen molar-refractivity contribution in [3.05, 3.63) is 28.8 Å². The molecule has 1 saturated heterocycles. The van der Waals surface area contributed by atoms with Crippen LogP contribution >= 0.6 is 11.6 Å². The van der Waals surface area contributed by atoms with E-state index in [-0.39, 0.29) is 0 Å². The van der Waals surface area contributed by atoms with Gasteiger partial charge in [0.05, 0.1) is 6.61 Å². The number of nitrogens with zero attached hydrogens (tertiary/aromatic N) is 1. The minimum absolute atomic E-state index is 0.587. The van der Waals surface area contributed by atoms with Crippen LogP contribution in [0.4, 0.5) is 5.69 Å². The van der Waals surface area contributed by atoms with Gasteiger partial charge in [0.2, 0.25) is 0 Å². The third kappa shape index (κ3) is 4.87. The minimum atomic E-state index is 0.587. The number of halogens is 1. The Balaban J connectivity index is 2.13. The average molecular weight is 311 g/mol. The van der Waals surface area contributed by atoms with Crippen molar-refractivity contribution in [3.8, 4) is 0 Å². The summed E-state index contributed by atoms with van der Waals surface area (Å²) in [6.45, 7) is 5.93. The molecular weight excluding hydrogens is 284 g/mol. The second-order valence-corrected chi connectivity index (χ2v) is 6.27. The highest BCUT2D eigenvalue weighted by atomic mass is 35.5. The molecule has 0 amide bonds. The fourth-order valence-electron chi connectivity index (χ4n) is 2.98. The van der Waals surface area contributed by atoms with Crippen LogP contribution in [0.3, 0.4) is 0 Å². The lowest BCUT2D eigenvalue weighted by Crippen LogP contribution is -2.33. The Morgan fingerprint density at radius 2 is 2.19 bits per heavy atom. The van der Waals surface area contributed by atoms with Gasteiger partial charge in [0.25, 0.3) is 0 Å². The van der Waals surface area contributed by atoms with E-state index >= 15 is 0 Å². The summed E-state index contributed by atoms with van der Waals surface area (Å²) in [5.74, 6) is 0. The zero-order chi connectivity index (χ0) is 15.1. The molecule has 2 rings (SSSR count). The van der Waals surface area contributed by atoms with Crippen LogP contribution in [0.5, 0.6) is 0 Å². The van der Waals surface area contributed by atoms with E-state index in [1.165, 1.54) is 36.9 Å². The molecule has 1 N–H and O–H groups in total. The number of methoxy groups -OCH3 is 1. The summed E-state index contributed by atoms with van der Waals surface area (Å²) in [5.41, 5.74) is 2.62. The Morgan fingerprint density at radius 3 is 3.00 bits per heavy atom. The molecule has 118 valence electrons. The van der Waals surface area contributed by atoms with E-state index in [0.29, 0.717) is 6.04 Å². The number of rotatable bonds is 6. The van der Waals surface area contributed by atoms with E-state index in [1.807, 2.05) is 6.07 Å². The van der Waals surface area contributed by atoms with Crippen molar-refractivity contribution in [2.75, 3.05) is 31.7 Å². The first-order chi connectivity index (χ1) is 10.2. The van der Waals surface area contributed by atoms with Gasteiger partial charge >= 0.3 is 0 Å². The predicted octanol–water partition coefficient (Wildman–Crippen LogP) is 3.84. The number of anilines is 1. The predicted molar refractivity (Wildman–Crippen MR) is 90.3 cm³/mol. The standard InChI is InChI=1S/C17H27ClN2O/c1-14-6-4-3-5-10-20(14)17-12-16(18)8-7-15(17)13-19-9-11-21-2/h7-8,12,14,19H,3-6,9-11,13H2,1-2H3. The summed E-state index contributed by atoms with van der Waals surface area (Å²) in [4.78, 5) is 2.53. The summed E-state index contributed by atoms with van der Waals surface area (Å²) in [5, 5.41) is 4.26.